The van der Waals surface area contributed by atoms with Gasteiger partial charge in [0.2, 0.25) is 0 Å². The van der Waals surface area contributed by atoms with Crippen molar-refractivity contribution in [3.05, 3.63) is 12.2 Å². The highest BCUT2D eigenvalue weighted by molar-refractivity contribution is 7.98. The molecule has 1 fully saturated rings. The van der Waals surface area contributed by atoms with Gasteiger partial charge in [0, 0.05) is 18.6 Å². The largest absolute Gasteiger partial charge is 0.414 e. The van der Waals surface area contributed by atoms with Gasteiger partial charge in [-0.05, 0) is 42.5 Å². The number of nitrogen functional groups attached to an aromatic ring is 1. The minimum absolute atomic E-state index is 0.0618. The number of anilines is 1. The Bertz CT molecular complexity index is 1050. The van der Waals surface area contributed by atoms with E-state index in [0.29, 0.717) is 24.4 Å². The Labute approximate surface area is 223 Å². The van der Waals surface area contributed by atoms with Crippen LogP contribution in [0.5, 0.6) is 0 Å². The number of rotatable bonds is 9. The summed E-state index contributed by atoms with van der Waals surface area (Å²) in [6, 6.07) is 0. The maximum atomic E-state index is 6.92. The number of thioether (sulfide) groups is 1. The number of ether oxygens (including phenoxy) is 1. The van der Waals surface area contributed by atoms with Crippen molar-refractivity contribution in [3.8, 4) is 0 Å². The van der Waals surface area contributed by atoms with Crippen LogP contribution in [0.25, 0.3) is 11.2 Å². The van der Waals surface area contributed by atoms with Gasteiger partial charge in [0.15, 0.2) is 28.1 Å². The molecule has 1 aliphatic heterocycles. The molecule has 204 valence electrons. The third-order valence-corrected chi connectivity index (χ3v) is 17.8. The summed E-state index contributed by atoms with van der Waals surface area (Å²) >= 11 is 1.76. The zero-order valence-corrected chi connectivity index (χ0v) is 27.0. The molecule has 0 amide bonds. The fourth-order valence-electron chi connectivity index (χ4n) is 3.71. The molecule has 0 saturated carbocycles. The van der Waals surface area contributed by atoms with Crippen LogP contribution in [0.2, 0.25) is 36.3 Å². The lowest BCUT2D eigenvalue weighted by atomic mass is 10.2. The Morgan fingerprint density at radius 2 is 1.72 bits per heavy atom. The second-order valence-corrected chi connectivity index (χ2v) is 23.5. The second kappa shape index (κ2) is 10.6. The quantitative estimate of drug-likeness (QED) is 0.377. The van der Waals surface area contributed by atoms with Crippen LogP contribution >= 0.6 is 11.8 Å². The Balaban J connectivity index is 1.91. The summed E-state index contributed by atoms with van der Waals surface area (Å²) in [5, 5.41) is 0.231. The Morgan fingerprint density at radius 3 is 2.31 bits per heavy atom. The molecule has 0 spiro atoms. The van der Waals surface area contributed by atoms with E-state index in [1.54, 1.807) is 18.1 Å². The molecule has 0 aliphatic carbocycles. The molecule has 3 heterocycles. The summed E-state index contributed by atoms with van der Waals surface area (Å²) in [5.74, 6) is 2.09. The molecule has 2 aromatic rings. The summed E-state index contributed by atoms with van der Waals surface area (Å²) in [4.78, 5) is 13.8. The van der Waals surface area contributed by atoms with Crippen molar-refractivity contribution in [2.24, 2.45) is 0 Å². The number of nitrogens with zero attached hydrogens (tertiary/aromatic N) is 4. The van der Waals surface area contributed by atoms with Gasteiger partial charge < -0.3 is 19.3 Å². The van der Waals surface area contributed by atoms with Crippen LogP contribution in [-0.4, -0.2) is 67.0 Å². The van der Waals surface area contributed by atoms with Gasteiger partial charge in [-0.15, -0.1) is 0 Å². The van der Waals surface area contributed by atoms with Crippen molar-refractivity contribution in [1.82, 2.24) is 19.5 Å². The van der Waals surface area contributed by atoms with Gasteiger partial charge >= 0.3 is 0 Å². The first-order valence-electron chi connectivity index (χ1n) is 12.9. The van der Waals surface area contributed by atoms with Crippen molar-refractivity contribution in [3.63, 3.8) is 0 Å². The van der Waals surface area contributed by atoms with Gasteiger partial charge in [-0.25, -0.2) is 15.0 Å². The second-order valence-electron chi connectivity index (χ2n) is 12.9. The van der Waals surface area contributed by atoms with E-state index < -0.39 is 16.6 Å². The van der Waals surface area contributed by atoms with E-state index in [1.165, 1.54) is 0 Å². The van der Waals surface area contributed by atoms with Gasteiger partial charge in [-0.1, -0.05) is 41.5 Å². The van der Waals surface area contributed by atoms with Crippen LogP contribution in [0.1, 0.15) is 60.0 Å². The SMILES string of the molecule is CSCCc1nc(N)c2ncn([C@H]3C[C@H](O[Si](C)(C)C(C)(C)C)[C@@H](CO[Si](C)(C)C(C)(C)C)O3)c2n1. The van der Waals surface area contributed by atoms with E-state index in [9.17, 15) is 0 Å². The molecule has 0 radical (unpaired) electrons. The molecule has 2 aromatic heterocycles. The molecular formula is C25H47N5O3SSi2. The van der Waals surface area contributed by atoms with Crippen molar-refractivity contribution in [2.75, 3.05) is 24.3 Å². The lowest BCUT2D eigenvalue weighted by Crippen LogP contribution is -2.48. The zero-order chi connectivity index (χ0) is 27.1. The van der Waals surface area contributed by atoms with Crippen LogP contribution in [0.15, 0.2) is 6.33 Å². The number of nitrogens with two attached hydrogens (primary N) is 1. The molecule has 11 heteroatoms. The lowest BCUT2D eigenvalue weighted by Gasteiger charge is -2.40. The summed E-state index contributed by atoms with van der Waals surface area (Å²) < 4.78 is 22.2. The molecule has 1 saturated heterocycles. The van der Waals surface area contributed by atoms with Crippen LogP contribution in [0.4, 0.5) is 5.82 Å². The van der Waals surface area contributed by atoms with Crippen molar-refractivity contribution in [2.45, 2.75) is 109 Å². The lowest BCUT2D eigenvalue weighted by molar-refractivity contribution is -0.0383. The minimum atomic E-state index is -2.02. The zero-order valence-electron chi connectivity index (χ0n) is 24.1. The molecule has 1 aliphatic rings. The van der Waals surface area contributed by atoms with Crippen LogP contribution < -0.4 is 5.73 Å². The first-order chi connectivity index (χ1) is 16.5. The summed E-state index contributed by atoms with van der Waals surface area (Å²) in [5.41, 5.74) is 7.60. The molecule has 3 rings (SSSR count). The number of hydrogen-bond acceptors (Lipinski definition) is 8. The summed E-state index contributed by atoms with van der Waals surface area (Å²) in [7, 11) is -3.96. The predicted octanol–water partition coefficient (Wildman–Crippen LogP) is 6.01. The highest BCUT2D eigenvalue weighted by atomic mass is 32.2. The van der Waals surface area contributed by atoms with E-state index in [-0.39, 0.29) is 28.5 Å². The molecule has 8 nitrogen and oxygen atoms in total. The molecular weight excluding hydrogens is 507 g/mol. The highest BCUT2D eigenvalue weighted by Gasteiger charge is 2.46. The average Bonchev–Trinajstić information content (AvgIpc) is 3.33. The standard InChI is InChI=1S/C25H47N5O3SSi2/c1-24(2,3)35(8,9)31-15-18-17(33-36(10,11)25(4,5)6)14-20(32-18)30-16-27-21-22(26)28-19(12-13-34-7)29-23(21)30/h16-18,20H,12-15H2,1-11H3,(H2,26,28,29)/t17-,18+,20+/m0/s1. The molecule has 2 N–H and O–H groups in total. The van der Waals surface area contributed by atoms with Gasteiger partial charge in [-0.2, -0.15) is 11.8 Å². The first-order valence-corrected chi connectivity index (χ1v) is 20.1. The van der Waals surface area contributed by atoms with Crippen LogP contribution in [0.3, 0.4) is 0 Å². The molecule has 36 heavy (non-hydrogen) atoms. The van der Waals surface area contributed by atoms with Gasteiger partial charge in [0.05, 0.1) is 19.0 Å². The third-order valence-electron chi connectivity index (χ3n) is 8.18. The van der Waals surface area contributed by atoms with Gasteiger partial charge in [0.1, 0.15) is 23.7 Å². The normalized spacial score (nSPS) is 22.0. The minimum Gasteiger partial charge on any atom is -0.414 e. The van der Waals surface area contributed by atoms with E-state index in [2.05, 4.69) is 84.0 Å². The molecule has 0 aromatic carbocycles. The maximum absolute atomic E-state index is 6.92. The topological polar surface area (TPSA) is 97.3 Å². The summed E-state index contributed by atoms with van der Waals surface area (Å²) in [6.07, 6.45) is 4.86. The Hall–Kier alpha value is -0.986. The maximum Gasteiger partial charge on any atom is 0.192 e. The first kappa shape index (κ1) is 29.6. The van der Waals surface area contributed by atoms with E-state index in [1.807, 2.05) is 4.57 Å². The van der Waals surface area contributed by atoms with Gasteiger partial charge in [0.25, 0.3) is 0 Å². The van der Waals surface area contributed by atoms with Crippen molar-refractivity contribution in [1.29, 1.82) is 0 Å². The monoisotopic (exact) mass is 553 g/mol. The number of imidazole rings is 1. The fraction of sp³-hybridized carbons (Fsp3) is 0.800. The molecule has 0 unspecified atom stereocenters. The Morgan fingerprint density at radius 1 is 1.08 bits per heavy atom. The average molecular weight is 554 g/mol. The highest BCUT2D eigenvalue weighted by Crippen LogP contribution is 2.43. The number of aromatic nitrogens is 4. The Kier molecular flexibility index (Phi) is 8.74. The predicted molar refractivity (Wildman–Crippen MR) is 156 cm³/mol. The number of hydrogen-bond donors (Lipinski definition) is 1. The van der Waals surface area contributed by atoms with Crippen molar-refractivity contribution < 1.29 is 13.6 Å². The van der Waals surface area contributed by atoms with E-state index in [0.717, 1.165) is 23.6 Å². The smallest absolute Gasteiger partial charge is 0.192 e. The molecule has 0 bridgehead atoms. The van der Waals surface area contributed by atoms with Crippen LogP contribution in [0, 0.1) is 0 Å². The van der Waals surface area contributed by atoms with Crippen LogP contribution in [-0.2, 0) is 20.0 Å². The van der Waals surface area contributed by atoms with E-state index in [4.69, 9.17) is 24.3 Å². The van der Waals surface area contributed by atoms with Gasteiger partial charge in [-0.3, -0.25) is 4.57 Å². The van der Waals surface area contributed by atoms with Crippen molar-refractivity contribution >= 4 is 45.4 Å². The third kappa shape index (κ3) is 6.35. The number of fused-ring (bicyclic) bond motifs is 1. The fourth-order valence-corrected chi connectivity index (χ4v) is 6.47. The summed E-state index contributed by atoms with van der Waals surface area (Å²) in [6.45, 7) is 23.3. The van der Waals surface area contributed by atoms with E-state index >= 15 is 0 Å². The molecule has 3 atom stereocenters. The number of aryl methyl sites for hydroxylation is 1.